The van der Waals surface area contributed by atoms with Gasteiger partial charge in [-0.2, -0.15) is 18.4 Å². The minimum Gasteiger partial charge on any atom is -0.390 e. The molecule has 0 saturated carbocycles. The summed E-state index contributed by atoms with van der Waals surface area (Å²) in [5.74, 6) is 0. The maximum Gasteiger partial charge on any atom is 0.418 e. The molecular formula is C9H5F5N2O. The topological polar surface area (TPSA) is 56.9 Å². The van der Waals surface area contributed by atoms with Crippen molar-refractivity contribution in [2.24, 2.45) is 0 Å². The molecule has 0 aliphatic carbocycles. The van der Waals surface area contributed by atoms with E-state index >= 15 is 0 Å². The molecule has 0 atom stereocenters. The number of pyridine rings is 1. The molecule has 17 heavy (non-hydrogen) atoms. The zero-order valence-corrected chi connectivity index (χ0v) is 8.09. The third-order valence-electron chi connectivity index (χ3n) is 1.97. The number of aliphatic hydroxyl groups is 1. The Labute approximate surface area is 92.1 Å². The number of hydrogen-bond donors (Lipinski definition) is 1. The molecule has 0 fully saturated rings. The number of halogens is 5. The van der Waals surface area contributed by atoms with Crippen LogP contribution in [0.2, 0.25) is 0 Å². The second-order valence-corrected chi connectivity index (χ2v) is 2.98. The van der Waals surface area contributed by atoms with Crippen molar-refractivity contribution in [1.82, 2.24) is 4.98 Å². The summed E-state index contributed by atoms with van der Waals surface area (Å²) < 4.78 is 62.9. The molecule has 3 nitrogen and oxygen atoms in total. The molecule has 0 saturated heterocycles. The van der Waals surface area contributed by atoms with E-state index in [9.17, 15) is 22.0 Å². The number of nitrogens with zero attached hydrogens (tertiary/aromatic N) is 2. The Hall–Kier alpha value is -1.75. The van der Waals surface area contributed by atoms with Gasteiger partial charge in [0.05, 0.1) is 29.0 Å². The number of rotatable bonds is 2. The predicted molar refractivity (Wildman–Crippen MR) is 44.8 cm³/mol. The van der Waals surface area contributed by atoms with Crippen molar-refractivity contribution in [2.45, 2.75) is 19.2 Å². The summed E-state index contributed by atoms with van der Waals surface area (Å²) in [5, 5.41) is 17.1. The zero-order valence-electron chi connectivity index (χ0n) is 8.09. The van der Waals surface area contributed by atoms with Crippen LogP contribution in [0.15, 0.2) is 6.20 Å². The van der Waals surface area contributed by atoms with Gasteiger partial charge in [0.2, 0.25) is 0 Å². The number of alkyl halides is 5. The second kappa shape index (κ2) is 4.63. The van der Waals surface area contributed by atoms with E-state index in [1.807, 2.05) is 0 Å². The first kappa shape index (κ1) is 13.3. The fourth-order valence-electron chi connectivity index (χ4n) is 1.32. The van der Waals surface area contributed by atoms with E-state index in [4.69, 9.17) is 10.4 Å². The molecule has 1 N–H and O–H groups in total. The Bertz CT molecular complexity index is 464. The highest BCUT2D eigenvalue weighted by Gasteiger charge is 2.40. The smallest absolute Gasteiger partial charge is 0.390 e. The Balaban J connectivity index is 3.67. The van der Waals surface area contributed by atoms with Crippen LogP contribution in [-0.2, 0) is 12.8 Å². The first-order chi connectivity index (χ1) is 7.82. The van der Waals surface area contributed by atoms with Gasteiger partial charge in [-0.1, -0.05) is 0 Å². The van der Waals surface area contributed by atoms with Crippen LogP contribution in [-0.4, -0.2) is 10.1 Å². The first-order valence-corrected chi connectivity index (χ1v) is 4.21. The number of nitriles is 1. The quantitative estimate of drug-likeness (QED) is 0.822. The van der Waals surface area contributed by atoms with Crippen LogP contribution in [0.4, 0.5) is 22.0 Å². The van der Waals surface area contributed by atoms with Gasteiger partial charge in [-0.3, -0.25) is 4.98 Å². The van der Waals surface area contributed by atoms with E-state index in [1.54, 1.807) is 0 Å². The lowest BCUT2D eigenvalue weighted by molar-refractivity contribution is -0.139. The first-order valence-electron chi connectivity index (χ1n) is 4.21. The van der Waals surface area contributed by atoms with Gasteiger partial charge in [-0.25, -0.2) is 8.78 Å². The Kier molecular flexibility index (Phi) is 3.63. The van der Waals surface area contributed by atoms with Crippen LogP contribution in [0.1, 0.15) is 28.8 Å². The fraction of sp³-hybridized carbons (Fsp3) is 0.333. The molecule has 1 aromatic heterocycles. The lowest BCUT2D eigenvalue weighted by atomic mass is 10.0. The highest BCUT2D eigenvalue weighted by atomic mass is 19.4. The molecular weight excluding hydrogens is 247 g/mol. The van der Waals surface area contributed by atoms with Crippen molar-refractivity contribution >= 4 is 0 Å². The molecule has 8 heteroatoms. The summed E-state index contributed by atoms with van der Waals surface area (Å²) in [6.45, 7) is -1.06. The molecule has 92 valence electrons. The van der Waals surface area contributed by atoms with Gasteiger partial charge in [-0.05, 0) is 0 Å². The third-order valence-corrected chi connectivity index (χ3v) is 1.97. The van der Waals surface area contributed by atoms with E-state index in [1.165, 1.54) is 0 Å². The molecule has 0 aromatic carbocycles. The van der Waals surface area contributed by atoms with Gasteiger partial charge in [-0.15, -0.1) is 0 Å². The molecule has 0 aliphatic heterocycles. The van der Waals surface area contributed by atoms with Crippen molar-refractivity contribution in [2.75, 3.05) is 0 Å². The summed E-state index contributed by atoms with van der Waals surface area (Å²) in [5.41, 5.74) is -4.97. The van der Waals surface area contributed by atoms with Crippen LogP contribution in [0.25, 0.3) is 0 Å². The highest BCUT2D eigenvalue weighted by Crippen LogP contribution is 2.39. The van der Waals surface area contributed by atoms with Crippen LogP contribution in [0.5, 0.6) is 0 Å². The van der Waals surface area contributed by atoms with Gasteiger partial charge < -0.3 is 5.11 Å². The Morgan fingerprint density at radius 2 is 2.00 bits per heavy atom. The Morgan fingerprint density at radius 3 is 2.35 bits per heavy atom. The largest absolute Gasteiger partial charge is 0.418 e. The van der Waals surface area contributed by atoms with Crippen LogP contribution < -0.4 is 0 Å². The lowest BCUT2D eigenvalue weighted by Crippen LogP contribution is -2.16. The molecule has 1 rings (SSSR count). The number of aromatic nitrogens is 1. The number of hydrogen-bond acceptors (Lipinski definition) is 3. The van der Waals surface area contributed by atoms with E-state index in [0.29, 0.717) is 6.20 Å². The van der Waals surface area contributed by atoms with Crippen LogP contribution in [0, 0.1) is 11.3 Å². The van der Waals surface area contributed by atoms with Crippen molar-refractivity contribution in [1.29, 1.82) is 5.26 Å². The normalized spacial score (nSPS) is 11.6. The molecule has 0 radical (unpaired) electrons. The highest BCUT2D eigenvalue weighted by molar-refractivity contribution is 5.45. The monoisotopic (exact) mass is 252 g/mol. The van der Waals surface area contributed by atoms with E-state index in [2.05, 4.69) is 4.98 Å². The van der Waals surface area contributed by atoms with Crippen molar-refractivity contribution in [3.8, 4) is 6.07 Å². The minimum atomic E-state index is -5.11. The summed E-state index contributed by atoms with van der Waals surface area (Å²) >= 11 is 0. The second-order valence-electron chi connectivity index (χ2n) is 2.98. The third kappa shape index (κ3) is 2.50. The van der Waals surface area contributed by atoms with Gasteiger partial charge in [0.1, 0.15) is 6.07 Å². The summed E-state index contributed by atoms with van der Waals surface area (Å²) in [4.78, 5) is 3.21. The minimum absolute atomic E-state index is 0.514. The maximum atomic E-state index is 12.6. The summed E-state index contributed by atoms with van der Waals surface area (Å²) in [6, 6.07) is 1.15. The zero-order chi connectivity index (χ0) is 13.2. The molecule has 1 aromatic rings. The summed E-state index contributed by atoms with van der Waals surface area (Å²) in [7, 11) is 0. The maximum absolute atomic E-state index is 12.6. The molecule has 0 amide bonds. The predicted octanol–water partition coefficient (Wildman–Crippen LogP) is 2.40. The van der Waals surface area contributed by atoms with Gasteiger partial charge in [0.25, 0.3) is 6.43 Å². The molecule has 0 unspecified atom stereocenters. The van der Waals surface area contributed by atoms with E-state index in [0.717, 1.165) is 6.07 Å². The molecule has 0 aliphatic rings. The molecule has 0 bridgehead atoms. The van der Waals surface area contributed by atoms with E-state index in [-0.39, 0.29) is 0 Å². The molecule has 1 heterocycles. The number of aliphatic hydroxyl groups excluding tert-OH is 1. The SMILES string of the molecule is N#Cc1cnc(CO)c(C(F)F)c1C(F)(F)F. The van der Waals surface area contributed by atoms with Gasteiger partial charge in [0, 0.05) is 6.20 Å². The van der Waals surface area contributed by atoms with Crippen molar-refractivity contribution in [3.05, 3.63) is 28.6 Å². The van der Waals surface area contributed by atoms with Gasteiger partial charge >= 0.3 is 6.18 Å². The Morgan fingerprint density at radius 1 is 1.41 bits per heavy atom. The van der Waals surface area contributed by atoms with Gasteiger partial charge in [0.15, 0.2) is 0 Å². The standard InChI is InChI=1S/C9H5F5N2O/c10-8(11)6-5(3-17)16-2-4(1-15)7(6)9(12,13)14/h2,8,17H,3H2. The average molecular weight is 252 g/mol. The van der Waals surface area contributed by atoms with Crippen molar-refractivity contribution in [3.63, 3.8) is 0 Å². The van der Waals surface area contributed by atoms with Crippen LogP contribution >= 0.6 is 0 Å². The fourth-order valence-corrected chi connectivity index (χ4v) is 1.32. The summed E-state index contributed by atoms with van der Waals surface area (Å²) in [6.07, 6.45) is -8.07. The molecule has 0 spiro atoms. The van der Waals surface area contributed by atoms with Crippen LogP contribution in [0.3, 0.4) is 0 Å². The lowest BCUT2D eigenvalue weighted by Gasteiger charge is -2.15. The average Bonchev–Trinajstić information content (AvgIpc) is 2.25. The van der Waals surface area contributed by atoms with Crippen molar-refractivity contribution < 1.29 is 27.1 Å². The van der Waals surface area contributed by atoms with E-state index < -0.39 is 41.6 Å².